The largest absolute Gasteiger partial charge is 0.497 e. The molecule has 0 saturated carbocycles. The molecule has 0 N–H and O–H groups in total. The number of esters is 2. The summed E-state index contributed by atoms with van der Waals surface area (Å²) in [6.07, 6.45) is 0. The first kappa shape index (κ1) is 18.5. The maximum Gasteiger partial charge on any atom is 0.347 e. The number of cyclic esters (lactones) is 2. The molecule has 1 aliphatic heterocycles. The van der Waals surface area contributed by atoms with Gasteiger partial charge in [0.25, 0.3) is 0 Å². The van der Waals surface area contributed by atoms with Gasteiger partial charge in [-0.2, -0.15) is 0 Å². The molecule has 5 heteroatoms. The number of benzene rings is 2. The van der Waals surface area contributed by atoms with E-state index in [1.165, 1.54) is 0 Å². The van der Waals surface area contributed by atoms with Crippen molar-refractivity contribution < 1.29 is 23.8 Å². The highest BCUT2D eigenvalue weighted by molar-refractivity contribution is 6.24. The SMILES string of the molecule is COc1ccc(/C(C)=C2/C(=O)OC(=O)/C2=C(\C)c2ccc(OC)cc2)cc1. The first-order valence-electron chi connectivity index (χ1n) is 8.43. The molecular formula is C22H20O5. The number of carbonyl (C=O) groups excluding carboxylic acids is 2. The minimum atomic E-state index is -0.629. The van der Waals surface area contributed by atoms with Crippen LogP contribution in [0.5, 0.6) is 11.5 Å². The monoisotopic (exact) mass is 364 g/mol. The molecule has 5 nitrogen and oxygen atoms in total. The van der Waals surface area contributed by atoms with Gasteiger partial charge in [-0.1, -0.05) is 24.3 Å². The van der Waals surface area contributed by atoms with Crippen molar-refractivity contribution in [1.82, 2.24) is 0 Å². The second kappa shape index (κ2) is 7.50. The Balaban J connectivity index is 2.13. The summed E-state index contributed by atoms with van der Waals surface area (Å²) in [6, 6.07) is 14.6. The van der Waals surface area contributed by atoms with E-state index in [0.29, 0.717) is 33.8 Å². The van der Waals surface area contributed by atoms with Crippen molar-refractivity contribution in [1.29, 1.82) is 0 Å². The molecule has 3 rings (SSSR count). The second-order valence-corrected chi connectivity index (χ2v) is 6.13. The Morgan fingerprint density at radius 1 is 0.667 bits per heavy atom. The first-order valence-corrected chi connectivity index (χ1v) is 8.43. The summed E-state index contributed by atoms with van der Waals surface area (Å²) in [5, 5.41) is 0. The molecule has 138 valence electrons. The lowest BCUT2D eigenvalue weighted by Crippen LogP contribution is -2.00. The van der Waals surface area contributed by atoms with Crippen LogP contribution in [0.2, 0.25) is 0 Å². The number of hydrogen-bond acceptors (Lipinski definition) is 5. The van der Waals surface area contributed by atoms with Gasteiger partial charge in [0.2, 0.25) is 0 Å². The number of carbonyl (C=O) groups is 2. The molecule has 2 aromatic carbocycles. The summed E-state index contributed by atoms with van der Waals surface area (Å²) in [7, 11) is 3.18. The highest BCUT2D eigenvalue weighted by atomic mass is 16.6. The van der Waals surface area contributed by atoms with Crippen LogP contribution >= 0.6 is 0 Å². The number of allylic oxidation sites excluding steroid dienone is 2. The lowest BCUT2D eigenvalue weighted by molar-refractivity contribution is -0.149. The van der Waals surface area contributed by atoms with Gasteiger partial charge in [0, 0.05) is 0 Å². The summed E-state index contributed by atoms with van der Waals surface area (Å²) in [5.41, 5.74) is 3.57. The van der Waals surface area contributed by atoms with Crippen LogP contribution in [0, 0.1) is 0 Å². The number of methoxy groups -OCH3 is 2. The molecule has 2 aromatic rings. The molecule has 27 heavy (non-hydrogen) atoms. The van der Waals surface area contributed by atoms with Gasteiger partial charge in [-0.25, -0.2) is 9.59 Å². The van der Waals surface area contributed by atoms with Gasteiger partial charge in [-0.3, -0.25) is 0 Å². The zero-order valence-corrected chi connectivity index (χ0v) is 15.7. The van der Waals surface area contributed by atoms with Crippen molar-refractivity contribution in [2.24, 2.45) is 0 Å². The highest BCUT2D eigenvalue weighted by Gasteiger charge is 2.37. The van der Waals surface area contributed by atoms with Crippen molar-refractivity contribution >= 4 is 23.1 Å². The molecule has 0 radical (unpaired) electrons. The third-order valence-electron chi connectivity index (χ3n) is 4.64. The fourth-order valence-electron chi connectivity index (χ4n) is 3.04. The van der Waals surface area contributed by atoms with Gasteiger partial charge in [0.05, 0.1) is 25.4 Å². The summed E-state index contributed by atoms with van der Waals surface area (Å²) in [4.78, 5) is 24.8. The van der Waals surface area contributed by atoms with E-state index in [0.717, 1.165) is 11.1 Å². The Bertz CT molecular complexity index is 868. The smallest absolute Gasteiger partial charge is 0.347 e. The third-order valence-corrected chi connectivity index (χ3v) is 4.64. The first-order chi connectivity index (χ1) is 13.0. The predicted molar refractivity (Wildman–Crippen MR) is 102 cm³/mol. The Hall–Kier alpha value is -3.34. The Morgan fingerprint density at radius 3 is 1.30 bits per heavy atom. The Kier molecular flexibility index (Phi) is 5.12. The lowest BCUT2D eigenvalue weighted by Gasteiger charge is -2.09. The van der Waals surface area contributed by atoms with Gasteiger partial charge in [0.15, 0.2) is 0 Å². The molecule has 0 aromatic heterocycles. The summed E-state index contributed by atoms with van der Waals surface area (Å²) >= 11 is 0. The van der Waals surface area contributed by atoms with Gasteiger partial charge < -0.3 is 14.2 Å². The number of hydrogen-bond donors (Lipinski definition) is 0. The van der Waals surface area contributed by atoms with Crippen molar-refractivity contribution in [3.8, 4) is 11.5 Å². The van der Waals surface area contributed by atoms with E-state index in [4.69, 9.17) is 14.2 Å². The molecular weight excluding hydrogens is 344 g/mol. The van der Waals surface area contributed by atoms with Gasteiger partial charge >= 0.3 is 11.9 Å². The molecule has 1 saturated heterocycles. The normalized spacial score (nSPS) is 17.5. The Morgan fingerprint density at radius 2 is 1.00 bits per heavy atom. The average molecular weight is 364 g/mol. The van der Waals surface area contributed by atoms with Crippen LogP contribution in [0.3, 0.4) is 0 Å². The van der Waals surface area contributed by atoms with Crippen molar-refractivity contribution in [2.45, 2.75) is 13.8 Å². The predicted octanol–water partition coefficient (Wildman–Crippen LogP) is 4.03. The molecule has 0 bridgehead atoms. The van der Waals surface area contributed by atoms with E-state index in [1.54, 1.807) is 52.3 Å². The molecule has 0 amide bonds. The maximum atomic E-state index is 12.4. The van der Waals surface area contributed by atoms with Gasteiger partial charge in [-0.05, 0) is 60.4 Å². The number of ether oxygens (including phenoxy) is 3. The standard InChI is InChI=1S/C22H20O5/c1-13(15-5-9-17(25-3)10-6-15)19-20(22(24)27-21(19)23)14(2)16-7-11-18(26-4)12-8-16/h5-12H,1-4H3/b19-13+,20-14+. The van der Waals surface area contributed by atoms with Crippen LogP contribution in [0.15, 0.2) is 59.7 Å². The topological polar surface area (TPSA) is 61.8 Å². The molecule has 1 fully saturated rings. The molecule has 1 aliphatic rings. The molecule has 1 heterocycles. The minimum absolute atomic E-state index is 0.290. The van der Waals surface area contributed by atoms with Crippen LogP contribution in [-0.2, 0) is 14.3 Å². The van der Waals surface area contributed by atoms with Gasteiger partial charge in [-0.15, -0.1) is 0 Å². The highest BCUT2D eigenvalue weighted by Crippen LogP contribution is 2.35. The fourth-order valence-corrected chi connectivity index (χ4v) is 3.04. The van der Waals surface area contributed by atoms with E-state index >= 15 is 0 Å². The fraction of sp³-hybridized carbons (Fsp3) is 0.182. The molecule has 0 aliphatic carbocycles. The zero-order chi connectivity index (χ0) is 19.6. The average Bonchev–Trinajstić information content (AvgIpc) is 3.00. The quantitative estimate of drug-likeness (QED) is 0.466. The summed E-state index contributed by atoms with van der Waals surface area (Å²) < 4.78 is 15.3. The third kappa shape index (κ3) is 3.49. The lowest BCUT2D eigenvalue weighted by atomic mass is 9.92. The van der Waals surface area contributed by atoms with Crippen LogP contribution in [-0.4, -0.2) is 26.2 Å². The van der Waals surface area contributed by atoms with E-state index in [9.17, 15) is 9.59 Å². The molecule has 0 spiro atoms. The van der Waals surface area contributed by atoms with Crippen LogP contribution in [0.4, 0.5) is 0 Å². The van der Waals surface area contributed by atoms with Crippen LogP contribution in [0.1, 0.15) is 25.0 Å². The minimum Gasteiger partial charge on any atom is -0.497 e. The van der Waals surface area contributed by atoms with E-state index in [-0.39, 0.29) is 0 Å². The van der Waals surface area contributed by atoms with Crippen molar-refractivity contribution in [3.05, 3.63) is 70.8 Å². The second-order valence-electron chi connectivity index (χ2n) is 6.13. The molecule has 0 atom stereocenters. The van der Waals surface area contributed by atoms with Crippen LogP contribution < -0.4 is 9.47 Å². The summed E-state index contributed by atoms with van der Waals surface area (Å²) in [5.74, 6) is 0.172. The van der Waals surface area contributed by atoms with E-state index < -0.39 is 11.9 Å². The van der Waals surface area contributed by atoms with Gasteiger partial charge in [0.1, 0.15) is 11.5 Å². The summed E-state index contributed by atoms with van der Waals surface area (Å²) in [6.45, 7) is 3.61. The zero-order valence-electron chi connectivity index (χ0n) is 15.7. The number of rotatable bonds is 4. The maximum absolute atomic E-state index is 12.4. The Labute approximate surface area is 157 Å². The van der Waals surface area contributed by atoms with E-state index in [1.807, 2.05) is 24.3 Å². The molecule has 0 unspecified atom stereocenters. The van der Waals surface area contributed by atoms with Crippen LogP contribution in [0.25, 0.3) is 11.1 Å². The van der Waals surface area contributed by atoms with Crippen molar-refractivity contribution in [2.75, 3.05) is 14.2 Å². The van der Waals surface area contributed by atoms with Crippen molar-refractivity contribution in [3.63, 3.8) is 0 Å². The van der Waals surface area contributed by atoms with E-state index in [2.05, 4.69) is 0 Å².